The van der Waals surface area contributed by atoms with Gasteiger partial charge in [-0.05, 0) is 24.3 Å². The van der Waals surface area contributed by atoms with E-state index in [4.69, 9.17) is 16.1 Å². The Morgan fingerprint density at radius 3 is 2.39 bits per heavy atom. The summed E-state index contributed by atoms with van der Waals surface area (Å²) in [6.07, 6.45) is -0.0563. The minimum atomic E-state index is -0.924. The van der Waals surface area contributed by atoms with Gasteiger partial charge in [0.1, 0.15) is 6.54 Å². The van der Waals surface area contributed by atoms with Gasteiger partial charge >= 0.3 is 5.97 Å². The first-order valence-corrected chi connectivity index (χ1v) is 5.28. The third kappa shape index (κ3) is 3.79. The van der Waals surface area contributed by atoms with Gasteiger partial charge in [-0.25, -0.2) is 0 Å². The monoisotopic (exact) mass is 247 g/mol. The number of hydrogen-bond donors (Lipinski definition) is 2. The van der Waals surface area contributed by atoms with Crippen molar-refractivity contribution in [2.45, 2.75) is 6.42 Å². The molecule has 18 heavy (non-hydrogen) atoms. The Morgan fingerprint density at radius 2 is 1.94 bits per heavy atom. The molecule has 1 aromatic rings. The van der Waals surface area contributed by atoms with Crippen molar-refractivity contribution in [1.29, 1.82) is 5.26 Å². The van der Waals surface area contributed by atoms with Gasteiger partial charge in [0.15, 0.2) is 0 Å². The zero-order chi connectivity index (χ0) is 13.5. The summed E-state index contributed by atoms with van der Waals surface area (Å²) < 4.78 is 0. The van der Waals surface area contributed by atoms with Crippen LogP contribution in [0.4, 0.5) is 5.69 Å². The van der Waals surface area contributed by atoms with Crippen LogP contribution in [0.5, 0.6) is 0 Å². The SMILES string of the molecule is N#CCN(CCC(=O)O)c1ccc(C(N)=O)cc1. The van der Waals surface area contributed by atoms with Crippen LogP contribution >= 0.6 is 0 Å². The zero-order valence-electron chi connectivity index (χ0n) is 9.67. The van der Waals surface area contributed by atoms with Crippen LogP contribution in [0.3, 0.4) is 0 Å². The lowest BCUT2D eigenvalue weighted by Gasteiger charge is -2.20. The number of nitrogens with two attached hydrogens (primary N) is 1. The van der Waals surface area contributed by atoms with Crippen LogP contribution < -0.4 is 10.6 Å². The third-order valence-corrected chi connectivity index (χ3v) is 2.37. The number of carboxylic acids is 1. The number of carbonyl (C=O) groups is 2. The Kier molecular flexibility index (Phi) is 4.69. The number of primary amides is 1. The maximum atomic E-state index is 10.9. The molecular weight excluding hydrogens is 234 g/mol. The number of nitriles is 1. The number of carboxylic acid groups (broad SMARTS) is 1. The second kappa shape index (κ2) is 6.25. The van der Waals surface area contributed by atoms with Gasteiger partial charge < -0.3 is 15.7 Å². The second-order valence-corrected chi connectivity index (χ2v) is 3.63. The molecule has 0 spiro atoms. The Hall–Kier alpha value is -2.55. The number of aliphatic carboxylic acids is 1. The number of amides is 1. The van der Waals surface area contributed by atoms with E-state index in [1.807, 2.05) is 6.07 Å². The van der Waals surface area contributed by atoms with Gasteiger partial charge in [0.2, 0.25) is 5.91 Å². The lowest BCUT2D eigenvalue weighted by molar-refractivity contribution is -0.136. The molecule has 6 nitrogen and oxygen atoms in total. The van der Waals surface area contributed by atoms with Crippen molar-refractivity contribution in [3.05, 3.63) is 29.8 Å². The molecule has 0 aliphatic carbocycles. The van der Waals surface area contributed by atoms with E-state index in [9.17, 15) is 9.59 Å². The molecule has 94 valence electrons. The first kappa shape index (κ1) is 13.5. The minimum absolute atomic E-state index is 0.0563. The molecule has 0 saturated heterocycles. The van der Waals surface area contributed by atoms with E-state index in [0.29, 0.717) is 11.3 Å². The van der Waals surface area contributed by atoms with Crippen molar-refractivity contribution in [3.63, 3.8) is 0 Å². The Bertz CT molecular complexity index is 476. The van der Waals surface area contributed by atoms with Gasteiger partial charge in [-0.1, -0.05) is 0 Å². The van der Waals surface area contributed by atoms with E-state index >= 15 is 0 Å². The van der Waals surface area contributed by atoms with E-state index in [1.165, 1.54) is 0 Å². The van der Waals surface area contributed by atoms with Crippen LogP contribution in [0.2, 0.25) is 0 Å². The number of rotatable bonds is 6. The highest BCUT2D eigenvalue weighted by atomic mass is 16.4. The van der Waals surface area contributed by atoms with Crippen molar-refractivity contribution in [1.82, 2.24) is 0 Å². The molecule has 0 fully saturated rings. The van der Waals surface area contributed by atoms with E-state index in [-0.39, 0.29) is 19.5 Å². The van der Waals surface area contributed by atoms with Crippen molar-refractivity contribution in [2.24, 2.45) is 5.73 Å². The first-order chi connectivity index (χ1) is 8.54. The molecule has 0 radical (unpaired) electrons. The normalized spacial score (nSPS) is 9.50. The van der Waals surface area contributed by atoms with E-state index < -0.39 is 11.9 Å². The van der Waals surface area contributed by atoms with Crippen LogP contribution in [-0.4, -0.2) is 30.1 Å². The number of benzene rings is 1. The first-order valence-electron chi connectivity index (χ1n) is 5.28. The lowest BCUT2D eigenvalue weighted by atomic mass is 10.2. The molecule has 1 aromatic carbocycles. The van der Waals surface area contributed by atoms with Crippen LogP contribution in [0.15, 0.2) is 24.3 Å². The highest BCUT2D eigenvalue weighted by Crippen LogP contribution is 2.15. The summed E-state index contributed by atoms with van der Waals surface area (Å²) in [6, 6.07) is 8.33. The van der Waals surface area contributed by atoms with Crippen molar-refractivity contribution < 1.29 is 14.7 Å². The Balaban J connectivity index is 2.82. The fourth-order valence-electron chi connectivity index (χ4n) is 1.45. The quantitative estimate of drug-likeness (QED) is 0.715. The van der Waals surface area contributed by atoms with Gasteiger partial charge in [0.25, 0.3) is 0 Å². The van der Waals surface area contributed by atoms with Gasteiger partial charge in [-0.3, -0.25) is 9.59 Å². The van der Waals surface area contributed by atoms with Crippen molar-refractivity contribution >= 4 is 17.6 Å². The number of hydrogen-bond acceptors (Lipinski definition) is 4. The molecule has 3 N–H and O–H groups in total. The summed E-state index contributed by atoms with van der Waals surface area (Å²) in [6.45, 7) is 0.321. The molecule has 0 aromatic heterocycles. The maximum Gasteiger partial charge on any atom is 0.305 e. The maximum absolute atomic E-state index is 10.9. The molecule has 0 aliphatic heterocycles. The van der Waals surface area contributed by atoms with Gasteiger partial charge in [0.05, 0.1) is 12.5 Å². The number of anilines is 1. The average Bonchev–Trinajstić information content (AvgIpc) is 2.34. The molecule has 0 saturated carbocycles. The summed E-state index contributed by atoms with van der Waals surface area (Å²) in [5.74, 6) is -1.45. The molecule has 0 aliphatic rings. The van der Waals surface area contributed by atoms with Crippen LogP contribution in [-0.2, 0) is 4.79 Å². The van der Waals surface area contributed by atoms with Gasteiger partial charge in [-0.15, -0.1) is 0 Å². The van der Waals surface area contributed by atoms with Crippen molar-refractivity contribution in [3.8, 4) is 6.07 Å². The summed E-state index contributed by atoms with van der Waals surface area (Å²) >= 11 is 0. The topological polar surface area (TPSA) is 107 Å². The molecule has 0 atom stereocenters. The summed E-state index contributed by atoms with van der Waals surface area (Å²) in [7, 11) is 0. The van der Waals surface area contributed by atoms with E-state index in [2.05, 4.69) is 0 Å². The van der Waals surface area contributed by atoms with Crippen molar-refractivity contribution in [2.75, 3.05) is 18.0 Å². The van der Waals surface area contributed by atoms with Crippen LogP contribution in [0.25, 0.3) is 0 Å². The molecule has 0 unspecified atom stereocenters. The molecule has 1 rings (SSSR count). The van der Waals surface area contributed by atoms with Crippen LogP contribution in [0.1, 0.15) is 16.8 Å². The predicted molar refractivity (Wildman–Crippen MR) is 65.0 cm³/mol. The molecular formula is C12H13N3O3. The summed E-state index contributed by atoms with van der Waals surface area (Å²) in [4.78, 5) is 23.0. The van der Waals surface area contributed by atoms with Gasteiger partial charge in [0, 0.05) is 17.8 Å². The van der Waals surface area contributed by atoms with E-state index in [1.54, 1.807) is 29.2 Å². The fraction of sp³-hybridized carbons (Fsp3) is 0.250. The molecule has 1 amide bonds. The highest BCUT2D eigenvalue weighted by Gasteiger charge is 2.09. The Morgan fingerprint density at radius 1 is 1.33 bits per heavy atom. The van der Waals surface area contributed by atoms with E-state index in [0.717, 1.165) is 0 Å². The van der Waals surface area contributed by atoms with Crippen LogP contribution in [0, 0.1) is 11.3 Å². The predicted octanol–water partition coefficient (Wildman–Crippen LogP) is 0.590. The molecule has 0 bridgehead atoms. The van der Waals surface area contributed by atoms with Gasteiger partial charge in [-0.2, -0.15) is 5.26 Å². The molecule has 0 heterocycles. The number of carbonyl (C=O) groups excluding carboxylic acids is 1. The standard InChI is InChI=1S/C12H13N3O3/c13-6-8-15(7-5-11(16)17)10-3-1-9(2-4-10)12(14)18/h1-4H,5,7-8H2,(H2,14,18)(H,16,17). The second-order valence-electron chi connectivity index (χ2n) is 3.63. The smallest absolute Gasteiger partial charge is 0.305 e. The highest BCUT2D eigenvalue weighted by molar-refractivity contribution is 5.93. The Labute approximate surface area is 104 Å². The lowest BCUT2D eigenvalue weighted by Crippen LogP contribution is -2.26. The average molecular weight is 247 g/mol. The number of nitrogens with zero attached hydrogens (tertiary/aromatic N) is 2. The summed E-state index contributed by atoms with van der Waals surface area (Å²) in [5.41, 5.74) is 6.17. The third-order valence-electron chi connectivity index (χ3n) is 2.37. The molecule has 6 heteroatoms. The zero-order valence-corrected chi connectivity index (χ0v) is 9.67. The largest absolute Gasteiger partial charge is 0.481 e. The minimum Gasteiger partial charge on any atom is -0.481 e. The summed E-state index contributed by atoms with van der Waals surface area (Å²) in [5, 5.41) is 17.3. The fourth-order valence-corrected chi connectivity index (χ4v) is 1.45.